The number of nitrogens with zero attached hydrogens (tertiary/aromatic N) is 1. The Kier molecular flexibility index (Phi) is 9.44. The van der Waals surface area contributed by atoms with Crippen molar-refractivity contribution in [3.05, 3.63) is 29.8 Å². The summed E-state index contributed by atoms with van der Waals surface area (Å²) in [5.74, 6) is 0.234. The zero-order chi connectivity index (χ0) is 20.2. The van der Waals surface area contributed by atoms with Crippen molar-refractivity contribution in [1.29, 1.82) is 0 Å². The summed E-state index contributed by atoms with van der Waals surface area (Å²) in [4.78, 5) is 37.9. The molecule has 2 rings (SSSR count). The van der Waals surface area contributed by atoms with E-state index in [0.29, 0.717) is 24.3 Å². The Hall–Kier alpha value is -2.45. The highest BCUT2D eigenvalue weighted by Gasteiger charge is 2.11. The lowest BCUT2D eigenvalue weighted by Gasteiger charge is -2.26. The average molecular weight is 391 g/mol. The molecule has 0 unspecified atom stereocenters. The van der Waals surface area contributed by atoms with Gasteiger partial charge in [0.25, 0.3) is 0 Å². The van der Waals surface area contributed by atoms with E-state index in [9.17, 15) is 14.4 Å². The largest absolute Gasteiger partial charge is 0.497 e. The van der Waals surface area contributed by atoms with Crippen LogP contribution in [0.15, 0.2) is 24.3 Å². The molecule has 1 saturated heterocycles. The molecule has 8 heteroatoms. The molecule has 0 spiro atoms. The van der Waals surface area contributed by atoms with Gasteiger partial charge in [0.15, 0.2) is 5.78 Å². The highest BCUT2D eigenvalue weighted by molar-refractivity contribution is 5.96. The molecule has 1 aromatic carbocycles. The topological polar surface area (TPSA) is 97.0 Å². The number of amides is 2. The molecule has 1 aliphatic heterocycles. The third-order valence-corrected chi connectivity index (χ3v) is 4.52. The van der Waals surface area contributed by atoms with Gasteiger partial charge in [-0.3, -0.25) is 19.3 Å². The summed E-state index contributed by atoms with van der Waals surface area (Å²) in [5.41, 5.74) is 0.598. The lowest BCUT2D eigenvalue weighted by molar-refractivity contribution is -0.126. The molecule has 0 saturated carbocycles. The van der Waals surface area contributed by atoms with E-state index in [4.69, 9.17) is 9.47 Å². The molecule has 28 heavy (non-hydrogen) atoms. The molecule has 0 radical (unpaired) electrons. The average Bonchev–Trinajstić information content (AvgIpc) is 2.73. The number of ketones is 1. The third-order valence-electron chi connectivity index (χ3n) is 4.52. The number of carbonyl (C=O) groups is 3. The predicted molar refractivity (Wildman–Crippen MR) is 104 cm³/mol. The number of hydrogen-bond donors (Lipinski definition) is 2. The molecular formula is C20H29N3O5. The van der Waals surface area contributed by atoms with Gasteiger partial charge in [-0.15, -0.1) is 0 Å². The molecule has 2 N–H and O–H groups in total. The van der Waals surface area contributed by atoms with Crippen LogP contribution in [-0.2, 0) is 14.3 Å². The van der Waals surface area contributed by atoms with Crippen LogP contribution in [0.4, 0.5) is 0 Å². The van der Waals surface area contributed by atoms with E-state index in [1.54, 1.807) is 31.4 Å². The number of ether oxygens (including phenoxy) is 2. The Balaban J connectivity index is 1.53. The molecule has 0 aromatic heterocycles. The molecule has 1 aliphatic rings. The highest BCUT2D eigenvalue weighted by Crippen LogP contribution is 2.13. The van der Waals surface area contributed by atoms with Gasteiger partial charge in [0.05, 0.1) is 26.9 Å². The van der Waals surface area contributed by atoms with Crippen molar-refractivity contribution in [3.8, 4) is 5.75 Å². The van der Waals surface area contributed by atoms with Gasteiger partial charge >= 0.3 is 0 Å². The molecular weight excluding hydrogens is 362 g/mol. The Morgan fingerprint density at radius 2 is 1.75 bits per heavy atom. The Morgan fingerprint density at radius 1 is 1.04 bits per heavy atom. The zero-order valence-corrected chi connectivity index (χ0v) is 16.4. The van der Waals surface area contributed by atoms with Crippen LogP contribution in [0, 0.1) is 0 Å². The first-order chi connectivity index (χ1) is 13.6. The number of morpholine rings is 1. The fourth-order valence-electron chi connectivity index (χ4n) is 2.84. The SMILES string of the molecule is COc1ccc(C(=O)CCCC(=O)NCC(=O)NCCN2CCOCC2)cc1. The fourth-order valence-corrected chi connectivity index (χ4v) is 2.84. The van der Waals surface area contributed by atoms with Crippen LogP contribution in [0.3, 0.4) is 0 Å². The van der Waals surface area contributed by atoms with E-state index in [0.717, 1.165) is 32.8 Å². The van der Waals surface area contributed by atoms with Crippen molar-refractivity contribution in [3.63, 3.8) is 0 Å². The number of benzene rings is 1. The van der Waals surface area contributed by atoms with Crippen LogP contribution in [0.1, 0.15) is 29.6 Å². The number of hydrogen-bond acceptors (Lipinski definition) is 6. The van der Waals surface area contributed by atoms with Gasteiger partial charge in [-0.2, -0.15) is 0 Å². The number of nitrogens with one attached hydrogen (secondary N) is 2. The van der Waals surface area contributed by atoms with Crippen LogP contribution >= 0.6 is 0 Å². The van der Waals surface area contributed by atoms with Crippen LogP contribution in [0.5, 0.6) is 5.75 Å². The smallest absolute Gasteiger partial charge is 0.239 e. The minimum atomic E-state index is -0.231. The lowest BCUT2D eigenvalue weighted by atomic mass is 10.1. The first kappa shape index (κ1) is 21.8. The first-order valence-electron chi connectivity index (χ1n) is 9.59. The zero-order valence-electron chi connectivity index (χ0n) is 16.4. The van der Waals surface area contributed by atoms with E-state index < -0.39 is 0 Å². The summed E-state index contributed by atoms with van der Waals surface area (Å²) >= 11 is 0. The number of Topliss-reactive ketones (excluding diaryl/α,β-unsaturated/α-hetero) is 1. The van der Waals surface area contributed by atoms with Gasteiger partial charge < -0.3 is 20.1 Å². The van der Waals surface area contributed by atoms with Gasteiger partial charge in [0.1, 0.15) is 5.75 Å². The maximum absolute atomic E-state index is 12.1. The van der Waals surface area contributed by atoms with Crippen molar-refractivity contribution in [2.75, 3.05) is 53.0 Å². The van der Waals surface area contributed by atoms with Crippen molar-refractivity contribution in [1.82, 2.24) is 15.5 Å². The Bertz CT molecular complexity index is 642. The second kappa shape index (κ2) is 12.1. The predicted octanol–water partition coefficient (Wildman–Crippen LogP) is 0.613. The molecule has 0 atom stereocenters. The summed E-state index contributed by atoms with van der Waals surface area (Å²) in [5, 5.41) is 5.38. The Labute approximate surface area is 165 Å². The van der Waals surface area contributed by atoms with Crippen molar-refractivity contribution in [2.24, 2.45) is 0 Å². The molecule has 154 valence electrons. The van der Waals surface area contributed by atoms with Crippen molar-refractivity contribution < 1.29 is 23.9 Å². The number of rotatable bonds is 11. The molecule has 2 amide bonds. The Morgan fingerprint density at radius 3 is 2.43 bits per heavy atom. The van der Waals surface area contributed by atoms with E-state index in [1.165, 1.54) is 0 Å². The standard InChI is InChI=1S/C20H29N3O5/c1-27-17-7-5-16(6-8-17)18(24)3-2-4-19(25)22-15-20(26)21-9-10-23-11-13-28-14-12-23/h5-8H,2-4,9-15H2,1H3,(H,21,26)(H,22,25). The first-order valence-corrected chi connectivity index (χ1v) is 9.59. The van der Waals surface area contributed by atoms with Gasteiger partial charge in [0, 0.05) is 44.6 Å². The third kappa shape index (κ3) is 8.06. The molecule has 1 aromatic rings. The van der Waals surface area contributed by atoms with Crippen LogP contribution < -0.4 is 15.4 Å². The molecule has 1 heterocycles. The van der Waals surface area contributed by atoms with E-state index in [1.807, 2.05) is 0 Å². The van der Waals surface area contributed by atoms with Gasteiger partial charge in [-0.25, -0.2) is 0 Å². The summed E-state index contributed by atoms with van der Waals surface area (Å²) in [7, 11) is 1.57. The summed E-state index contributed by atoms with van der Waals surface area (Å²) in [6, 6.07) is 6.89. The maximum Gasteiger partial charge on any atom is 0.239 e. The minimum absolute atomic E-state index is 0.0173. The quantitative estimate of drug-likeness (QED) is 0.537. The van der Waals surface area contributed by atoms with Gasteiger partial charge in [0.2, 0.25) is 11.8 Å². The second-order valence-electron chi connectivity index (χ2n) is 6.59. The maximum atomic E-state index is 12.1. The highest BCUT2D eigenvalue weighted by atomic mass is 16.5. The fraction of sp³-hybridized carbons (Fsp3) is 0.550. The van der Waals surface area contributed by atoms with Crippen LogP contribution in [0.25, 0.3) is 0 Å². The normalized spacial score (nSPS) is 14.3. The minimum Gasteiger partial charge on any atom is -0.497 e. The molecule has 0 aliphatic carbocycles. The molecule has 8 nitrogen and oxygen atoms in total. The van der Waals surface area contributed by atoms with E-state index >= 15 is 0 Å². The van der Waals surface area contributed by atoms with Crippen molar-refractivity contribution in [2.45, 2.75) is 19.3 Å². The number of methoxy groups -OCH3 is 1. The second-order valence-corrected chi connectivity index (χ2v) is 6.59. The van der Waals surface area contributed by atoms with Gasteiger partial charge in [-0.05, 0) is 30.7 Å². The van der Waals surface area contributed by atoms with Gasteiger partial charge in [-0.1, -0.05) is 0 Å². The monoisotopic (exact) mass is 391 g/mol. The van der Waals surface area contributed by atoms with Crippen molar-refractivity contribution >= 4 is 17.6 Å². The molecule has 1 fully saturated rings. The summed E-state index contributed by atoms with van der Waals surface area (Å²) in [6.45, 7) is 4.48. The van der Waals surface area contributed by atoms with Crippen LogP contribution in [-0.4, -0.2) is 75.5 Å². The molecule has 0 bridgehead atoms. The van der Waals surface area contributed by atoms with Crippen LogP contribution in [0.2, 0.25) is 0 Å². The van der Waals surface area contributed by atoms with E-state index in [-0.39, 0.29) is 37.0 Å². The number of carbonyl (C=O) groups excluding carboxylic acids is 3. The van der Waals surface area contributed by atoms with E-state index in [2.05, 4.69) is 15.5 Å². The summed E-state index contributed by atoms with van der Waals surface area (Å²) in [6.07, 6.45) is 0.934. The lowest BCUT2D eigenvalue weighted by Crippen LogP contribution is -2.43. The summed E-state index contributed by atoms with van der Waals surface area (Å²) < 4.78 is 10.3.